The molecule has 0 saturated carbocycles. The maximum absolute atomic E-state index is 12.6. The minimum Gasteiger partial charge on any atom is -0.478 e. The van der Waals surface area contributed by atoms with Crippen LogP contribution in [0.25, 0.3) is 17.4 Å². The third-order valence-electron chi connectivity index (χ3n) is 4.30. The molecular weight excluding hydrogens is 396 g/mol. The predicted octanol–water partition coefficient (Wildman–Crippen LogP) is 3.76. The summed E-state index contributed by atoms with van der Waals surface area (Å²) in [6, 6.07) is 16.2. The number of amides is 2. The molecule has 0 bridgehead atoms. The summed E-state index contributed by atoms with van der Waals surface area (Å²) in [6.45, 7) is 0. The summed E-state index contributed by atoms with van der Waals surface area (Å²) in [7, 11) is 0. The molecule has 2 N–H and O–H groups in total. The van der Waals surface area contributed by atoms with E-state index in [1.54, 1.807) is 48.5 Å². The van der Waals surface area contributed by atoms with Gasteiger partial charge in [0, 0.05) is 10.6 Å². The quantitative estimate of drug-likeness (QED) is 0.505. The van der Waals surface area contributed by atoms with Crippen molar-refractivity contribution in [2.75, 3.05) is 5.01 Å². The highest BCUT2D eigenvalue weighted by molar-refractivity contribution is 6.32. The highest BCUT2D eigenvalue weighted by Gasteiger charge is 2.34. The van der Waals surface area contributed by atoms with Gasteiger partial charge in [-0.15, -0.1) is 0 Å². The van der Waals surface area contributed by atoms with Gasteiger partial charge in [0.05, 0.1) is 11.3 Å². The van der Waals surface area contributed by atoms with Crippen LogP contribution in [0.2, 0.25) is 5.02 Å². The van der Waals surface area contributed by atoms with Crippen LogP contribution in [-0.2, 0) is 9.59 Å². The molecule has 8 heteroatoms. The first-order chi connectivity index (χ1) is 13.9. The molecule has 1 saturated heterocycles. The van der Waals surface area contributed by atoms with E-state index in [2.05, 4.69) is 5.43 Å². The number of hydrazine groups is 1. The minimum absolute atomic E-state index is 0.0176. The van der Waals surface area contributed by atoms with E-state index in [1.807, 2.05) is 0 Å². The highest BCUT2D eigenvalue weighted by atomic mass is 35.5. The molecule has 144 valence electrons. The first-order valence-electron chi connectivity index (χ1n) is 8.49. The summed E-state index contributed by atoms with van der Waals surface area (Å²) in [4.78, 5) is 36.3. The zero-order valence-corrected chi connectivity index (χ0v) is 15.5. The number of furan rings is 1. The van der Waals surface area contributed by atoms with Gasteiger partial charge in [0.2, 0.25) is 0 Å². The fourth-order valence-electron chi connectivity index (χ4n) is 2.94. The zero-order valence-electron chi connectivity index (χ0n) is 14.8. The number of nitrogens with zero attached hydrogens (tertiary/aromatic N) is 1. The van der Waals surface area contributed by atoms with E-state index in [4.69, 9.17) is 16.0 Å². The second-order valence-corrected chi connectivity index (χ2v) is 6.61. The molecule has 2 heterocycles. The van der Waals surface area contributed by atoms with Crippen molar-refractivity contribution < 1.29 is 23.9 Å². The first kappa shape index (κ1) is 18.5. The lowest BCUT2D eigenvalue weighted by Gasteiger charge is -2.13. The summed E-state index contributed by atoms with van der Waals surface area (Å²) in [5.41, 5.74) is 3.25. The molecule has 1 aliphatic rings. The SMILES string of the molecule is O=C1NN(c2ccccc2)C(=O)/C1=C/c1ccc(-c2ccc(Cl)cc2C(=O)O)o1. The normalized spacial score (nSPS) is 15.1. The molecular formula is C21H13ClN2O5. The van der Waals surface area contributed by atoms with E-state index in [9.17, 15) is 19.5 Å². The Morgan fingerprint density at radius 1 is 1.07 bits per heavy atom. The molecule has 4 rings (SSSR count). The van der Waals surface area contributed by atoms with Gasteiger partial charge in [0.1, 0.15) is 17.1 Å². The number of nitrogens with one attached hydrogen (secondary N) is 1. The van der Waals surface area contributed by atoms with Gasteiger partial charge in [-0.05, 0) is 48.5 Å². The number of para-hydroxylation sites is 1. The predicted molar refractivity (Wildman–Crippen MR) is 106 cm³/mol. The zero-order chi connectivity index (χ0) is 20.5. The summed E-state index contributed by atoms with van der Waals surface area (Å²) >= 11 is 5.87. The lowest BCUT2D eigenvalue weighted by molar-refractivity contribution is -0.117. The van der Waals surface area contributed by atoms with Crippen molar-refractivity contribution in [2.24, 2.45) is 0 Å². The molecule has 7 nitrogen and oxygen atoms in total. The smallest absolute Gasteiger partial charge is 0.336 e. The third-order valence-corrected chi connectivity index (χ3v) is 4.53. The number of hydrogen-bond donors (Lipinski definition) is 2. The number of halogens is 1. The molecule has 0 aliphatic carbocycles. The molecule has 0 radical (unpaired) electrons. The molecule has 2 aromatic carbocycles. The van der Waals surface area contributed by atoms with Crippen molar-refractivity contribution in [3.8, 4) is 11.3 Å². The Hall–Kier alpha value is -3.84. The van der Waals surface area contributed by atoms with Crippen LogP contribution < -0.4 is 10.4 Å². The number of carboxylic acids is 1. The van der Waals surface area contributed by atoms with Crippen LogP contribution in [0, 0.1) is 0 Å². The average molecular weight is 409 g/mol. The van der Waals surface area contributed by atoms with Gasteiger partial charge in [-0.25, -0.2) is 9.80 Å². The monoisotopic (exact) mass is 408 g/mol. The molecule has 1 aliphatic heterocycles. The Bertz CT molecular complexity index is 1170. The lowest BCUT2D eigenvalue weighted by Crippen LogP contribution is -2.35. The topological polar surface area (TPSA) is 99.9 Å². The number of carbonyl (C=O) groups excluding carboxylic acids is 2. The van der Waals surface area contributed by atoms with E-state index >= 15 is 0 Å². The summed E-state index contributed by atoms with van der Waals surface area (Å²) in [6.07, 6.45) is 1.32. The van der Waals surface area contributed by atoms with Gasteiger partial charge in [-0.1, -0.05) is 29.8 Å². The summed E-state index contributed by atoms with van der Waals surface area (Å²) in [5.74, 6) is -1.72. The number of anilines is 1. The van der Waals surface area contributed by atoms with Gasteiger partial charge in [-0.2, -0.15) is 0 Å². The van der Waals surface area contributed by atoms with Crippen LogP contribution in [0.3, 0.4) is 0 Å². The average Bonchev–Trinajstić information content (AvgIpc) is 3.28. The Balaban J connectivity index is 1.66. The molecule has 3 aromatic rings. The van der Waals surface area contributed by atoms with Crippen molar-refractivity contribution in [1.29, 1.82) is 0 Å². The molecule has 2 amide bonds. The Morgan fingerprint density at radius 2 is 1.83 bits per heavy atom. The Morgan fingerprint density at radius 3 is 2.55 bits per heavy atom. The molecule has 0 unspecified atom stereocenters. The van der Waals surface area contributed by atoms with Gasteiger partial charge >= 0.3 is 5.97 Å². The molecule has 0 spiro atoms. The third kappa shape index (κ3) is 3.51. The van der Waals surface area contributed by atoms with Crippen LogP contribution in [-0.4, -0.2) is 22.9 Å². The van der Waals surface area contributed by atoms with E-state index < -0.39 is 17.8 Å². The lowest BCUT2D eigenvalue weighted by atomic mass is 10.1. The molecule has 1 aromatic heterocycles. The van der Waals surface area contributed by atoms with Gasteiger partial charge < -0.3 is 9.52 Å². The van der Waals surface area contributed by atoms with Gasteiger partial charge in [0.25, 0.3) is 11.8 Å². The highest BCUT2D eigenvalue weighted by Crippen LogP contribution is 2.30. The van der Waals surface area contributed by atoms with Crippen LogP contribution in [0.4, 0.5) is 5.69 Å². The van der Waals surface area contributed by atoms with E-state index in [0.29, 0.717) is 11.3 Å². The van der Waals surface area contributed by atoms with E-state index in [-0.39, 0.29) is 27.7 Å². The van der Waals surface area contributed by atoms with Gasteiger partial charge in [-0.3, -0.25) is 15.0 Å². The van der Waals surface area contributed by atoms with E-state index in [0.717, 1.165) is 5.01 Å². The molecule has 1 fully saturated rings. The number of carbonyl (C=O) groups is 3. The van der Waals surface area contributed by atoms with E-state index in [1.165, 1.54) is 18.2 Å². The van der Waals surface area contributed by atoms with Crippen LogP contribution >= 0.6 is 11.6 Å². The largest absolute Gasteiger partial charge is 0.478 e. The second-order valence-electron chi connectivity index (χ2n) is 6.17. The van der Waals surface area contributed by atoms with Crippen molar-refractivity contribution in [2.45, 2.75) is 0 Å². The maximum atomic E-state index is 12.6. The molecule has 0 atom stereocenters. The standard InChI is InChI=1S/C21H13ClN2O5/c22-12-6-8-15(16(10-12)21(27)28)18-9-7-14(29-18)11-17-19(25)23-24(20(17)26)13-4-2-1-3-5-13/h1-11H,(H,23,25)(H,27,28)/b17-11+. The fraction of sp³-hybridized carbons (Fsp3) is 0. The summed E-state index contributed by atoms with van der Waals surface area (Å²) < 4.78 is 5.67. The van der Waals surface area contributed by atoms with Crippen molar-refractivity contribution in [3.05, 3.63) is 82.6 Å². The maximum Gasteiger partial charge on any atom is 0.336 e. The fourth-order valence-corrected chi connectivity index (χ4v) is 3.11. The Labute approximate surface area is 169 Å². The number of carboxylic acid groups (broad SMARTS) is 1. The van der Waals surface area contributed by atoms with Crippen molar-refractivity contribution >= 4 is 41.1 Å². The summed E-state index contributed by atoms with van der Waals surface area (Å²) in [5, 5.41) is 10.8. The van der Waals surface area contributed by atoms with Crippen LogP contribution in [0.1, 0.15) is 16.1 Å². The first-order valence-corrected chi connectivity index (χ1v) is 8.87. The van der Waals surface area contributed by atoms with Crippen molar-refractivity contribution in [1.82, 2.24) is 5.43 Å². The Kier molecular flexibility index (Phi) is 4.66. The van der Waals surface area contributed by atoms with Crippen molar-refractivity contribution in [3.63, 3.8) is 0 Å². The number of aromatic carboxylic acids is 1. The van der Waals surface area contributed by atoms with Gasteiger partial charge in [0.15, 0.2) is 0 Å². The second kappa shape index (κ2) is 7.29. The number of rotatable bonds is 4. The van der Waals surface area contributed by atoms with Crippen LogP contribution in [0.5, 0.6) is 0 Å². The van der Waals surface area contributed by atoms with Crippen LogP contribution in [0.15, 0.2) is 70.7 Å². The number of benzene rings is 2. The molecule has 29 heavy (non-hydrogen) atoms. The number of hydrogen-bond acceptors (Lipinski definition) is 4. The minimum atomic E-state index is -1.15.